The fourth-order valence-corrected chi connectivity index (χ4v) is 7.43. The summed E-state index contributed by atoms with van der Waals surface area (Å²) in [5, 5.41) is 13.8. The van der Waals surface area contributed by atoms with E-state index in [1.165, 1.54) is 0 Å². The lowest BCUT2D eigenvalue weighted by atomic mass is 9.71. The van der Waals surface area contributed by atoms with Gasteiger partial charge in [0.2, 0.25) is 0 Å². The monoisotopic (exact) mass is 600 g/mol. The fourth-order valence-electron chi connectivity index (χ4n) is 7.43. The lowest BCUT2D eigenvalue weighted by molar-refractivity contribution is -0.146. The number of carbonyl (C=O) groups excluding carboxylic acids is 3. The number of allylic oxidation sites excluding steroid dienone is 3. The zero-order chi connectivity index (χ0) is 31.3. The molecule has 2 aromatic carbocycles. The molecule has 2 bridgehead atoms. The van der Waals surface area contributed by atoms with Crippen LogP contribution in [-0.2, 0) is 19.1 Å². The number of nitrogens with one attached hydrogen (secondary N) is 1. The van der Waals surface area contributed by atoms with Crippen LogP contribution in [0.4, 0.5) is 4.79 Å². The van der Waals surface area contributed by atoms with Crippen molar-refractivity contribution in [2.45, 2.75) is 95.4 Å². The first-order valence-electron chi connectivity index (χ1n) is 15.3. The summed E-state index contributed by atoms with van der Waals surface area (Å²) < 4.78 is 17.4. The number of nitrogens with zero attached hydrogens (tertiary/aromatic N) is 1. The Balaban J connectivity index is 1.31. The van der Waals surface area contributed by atoms with Gasteiger partial charge in [-0.1, -0.05) is 30.3 Å². The number of dihydropyridines is 1. The van der Waals surface area contributed by atoms with E-state index in [1.54, 1.807) is 30.2 Å². The van der Waals surface area contributed by atoms with Crippen molar-refractivity contribution in [3.63, 3.8) is 0 Å². The lowest BCUT2D eigenvalue weighted by Crippen LogP contribution is -2.42. The summed E-state index contributed by atoms with van der Waals surface area (Å²) in [7, 11) is 1.62. The van der Waals surface area contributed by atoms with Gasteiger partial charge in [-0.05, 0) is 76.3 Å². The molecule has 2 N–H and O–H groups in total. The van der Waals surface area contributed by atoms with Crippen molar-refractivity contribution in [1.82, 2.24) is 10.2 Å². The first-order chi connectivity index (χ1) is 20.9. The van der Waals surface area contributed by atoms with Crippen molar-refractivity contribution in [3.05, 3.63) is 82.2 Å². The van der Waals surface area contributed by atoms with Crippen molar-refractivity contribution in [3.8, 4) is 11.5 Å². The molecule has 4 aliphatic rings. The maximum atomic E-state index is 14.1. The Labute approximate surface area is 257 Å². The number of amides is 1. The highest BCUT2D eigenvalue weighted by atomic mass is 16.6. The number of benzene rings is 2. The van der Waals surface area contributed by atoms with Crippen LogP contribution in [0.1, 0.15) is 82.8 Å². The van der Waals surface area contributed by atoms with Gasteiger partial charge in [0.15, 0.2) is 5.78 Å². The molecule has 0 aromatic heterocycles. The molecule has 6 rings (SSSR count). The van der Waals surface area contributed by atoms with Crippen molar-refractivity contribution in [2.24, 2.45) is 0 Å². The minimum atomic E-state index is -0.711. The van der Waals surface area contributed by atoms with Gasteiger partial charge in [-0.2, -0.15) is 0 Å². The first kappa shape index (κ1) is 29.8. The molecule has 2 aromatic rings. The topological polar surface area (TPSA) is 114 Å². The van der Waals surface area contributed by atoms with Crippen LogP contribution in [0.25, 0.3) is 0 Å². The lowest BCUT2D eigenvalue weighted by Gasteiger charge is -2.37. The molecule has 2 saturated heterocycles. The summed E-state index contributed by atoms with van der Waals surface area (Å²) >= 11 is 0. The van der Waals surface area contributed by atoms with E-state index < -0.39 is 23.6 Å². The van der Waals surface area contributed by atoms with E-state index in [2.05, 4.69) is 5.32 Å². The second kappa shape index (κ2) is 11.3. The third kappa shape index (κ3) is 5.44. The Morgan fingerprint density at radius 1 is 1.05 bits per heavy atom. The molecule has 0 radical (unpaired) electrons. The summed E-state index contributed by atoms with van der Waals surface area (Å²) in [4.78, 5) is 42.8. The highest BCUT2D eigenvalue weighted by Gasteiger charge is 2.52. The van der Waals surface area contributed by atoms with Gasteiger partial charge in [0, 0.05) is 47.7 Å². The van der Waals surface area contributed by atoms with Crippen LogP contribution >= 0.6 is 0 Å². The van der Waals surface area contributed by atoms with Crippen LogP contribution in [0.2, 0.25) is 0 Å². The van der Waals surface area contributed by atoms with E-state index in [4.69, 9.17) is 14.2 Å². The van der Waals surface area contributed by atoms with Gasteiger partial charge in [0.05, 0.1) is 18.7 Å². The highest BCUT2D eigenvalue weighted by Crippen LogP contribution is 2.48. The number of ketones is 1. The second-order valence-corrected chi connectivity index (χ2v) is 13.2. The van der Waals surface area contributed by atoms with Crippen LogP contribution in [0.15, 0.2) is 71.1 Å². The summed E-state index contributed by atoms with van der Waals surface area (Å²) in [6, 6.07) is 14.1. The molecule has 44 heavy (non-hydrogen) atoms. The highest BCUT2D eigenvalue weighted by molar-refractivity contribution is 6.04. The maximum Gasteiger partial charge on any atom is 0.410 e. The number of ether oxygens (including phenoxy) is 3. The van der Waals surface area contributed by atoms with Gasteiger partial charge in [-0.25, -0.2) is 9.59 Å². The average molecular weight is 601 g/mol. The third-order valence-corrected chi connectivity index (χ3v) is 9.17. The number of phenolic OH excluding ortho intramolecular Hbond substituents is 1. The van der Waals surface area contributed by atoms with Gasteiger partial charge in [-0.15, -0.1) is 0 Å². The quantitative estimate of drug-likeness (QED) is 0.411. The molecule has 0 saturated carbocycles. The minimum Gasteiger partial charge on any atom is -0.508 e. The predicted molar refractivity (Wildman–Crippen MR) is 163 cm³/mol. The van der Waals surface area contributed by atoms with E-state index in [-0.39, 0.29) is 42.0 Å². The van der Waals surface area contributed by atoms with E-state index in [0.29, 0.717) is 35.2 Å². The normalized spacial score (nSPS) is 26.3. The molecule has 0 unspecified atom stereocenters. The van der Waals surface area contributed by atoms with Crippen LogP contribution in [0.3, 0.4) is 0 Å². The molecule has 3 aliphatic heterocycles. The minimum absolute atomic E-state index is 0.0461. The van der Waals surface area contributed by atoms with Gasteiger partial charge in [0.25, 0.3) is 0 Å². The van der Waals surface area contributed by atoms with Crippen molar-refractivity contribution in [2.75, 3.05) is 7.11 Å². The number of rotatable bonds is 5. The number of hydrogen-bond donors (Lipinski definition) is 2. The van der Waals surface area contributed by atoms with Crippen LogP contribution in [0.5, 0.6) is 11.5 Å². The number of esters is 1. The summed E-state index contributed by atoms with van der Waals surface area (Å²) in [6.45, 7) is 7.32. The third-order valence-electron chi connectivity index (χ3n) is 9.17. The molecule has 9 nitrogen and oxygen atoms in total. The average Bonchev–Trinajstić information content (AvgIpc) is 3.53. The number of methoxy groups -OCH3 is 1. The molecular formula is C35H40N2O7. The number of fused-ring (bicyclic) bond motifs is 2. The van der Waals surface area contributed by atoms with Crippen LogP contribution in [0, 0.1) is 0 Å². The Morgan fingerprint density at radius 3 is 2.55 bits per heavy atom. The van der Waals surface area contributed by atoms with Crippen molar-refractivity contribution >= 4 is 17.8 Å². The Kier molecular flexibility index (Phi) is 7.68. The van der Waals surface area contributed by atoms with Crippen LogP contribution < -0.4 is 10.1 Å². The smallest absolute Gasteiger partial charge is 0.410 e. The van der Waals surface area contributed by atoms with Gasteiger partial charge < -0.3 is 24.6 Å². The molecule has 1 aliphatic carbocycles. The Hall–Kier alpha value is -4.27. The summed E-state index contributed by atoms with van der Waals surface area (Å²) in [6.07, 6.45) is 2.06. The van der Waals surface area contributed by atoms with E-state index in [1.807, 2.05) is 58.0 Å². The largest absolute Gasteiger partial charge is 0.508 e. The zero-order valence-corrected chi connectivity index (χ0v) is 25.9. The van der Waals surface area contributed by atoms with Gasteiger partial charge in [0.1, 0.15) is 23.2 Å². The molecule has 0 spiro atoms. The van der Waals surface area contributed by atoms with Crippen molar-refractivity contribution in [1.29, 1.82) is 0 Å². The molecule has 9 heteroatoms. The summed E-state index contributed by atoms with van der Waals surface area (Å²) in [5.74, 6) is -0.628. The van der Waals surface area contributed by atoms with E-state index >= 15 is 0 Å². The fraction of sp³-hybridized carbons (Fsp3) is 0.457. The maximum absolute atomic E-state index is 14.1. The number of carbonyl (C=O) groups is 3. The number of aromatic hydroxyl groups is 1. The Bertz CT molecular complexity index is 1570. The zero-order valence-electron chi connectivity index (χ0n) is 25.9. The number of Topliss-reactive ketones (excluding diaryl/α,β-unsaturated/α-hetero) is 1. The molecule has 2 fully saturated rings. The standard InChI is InChI=1S/C35H40N2O7/c1-19-30(33(40)43-29-18-22-13-14-26(29)37(22)34(41)44-35(2,3)4)31(20-9-8-10-23(38)15-20)32-25(36-19)16-21(17-27(32)39)24-11-6-7-12-28(24)42-5/h6-12,15,21-22,26,29,31,36,38H,13-14,16-18H2,1-5H3/t21-,22-,26+,29+,31-/m1/s1. The van der Waals surface area contributed by atoms with E-state index in [0.717, 1.165) is 29.9 Å². The molecule has 5 atom stereocenters. The molecule has 232 valence electrons. The Morgan fingerprint density at radius 2 is 1.82 bits per heavy atom. The first-order valence-corrected chi connectivity index (χ1v) is 15.3. The number of hydrogen-bond acceptors (Lipinski definition) is 8. The second-order valence-electron chi connectivity index (χ2n) is 13.2. The number of phenols is 1. The molecule has 1 amide bonds. The van der Waals surface area contributed by atoms with E-state index in [9.17, 15) is 19.5 Å². The van der Waals surface area contributed by atoms with Crippen molar-refractivity contribution < 1.29 is 33.7 Å². The number of para-hydroxylation sites is 1. The van der Waals surface area contributed by atoms with Gasteiger partial charge >= 0.3 is 12.1 Å². The van der Waals surface area contributed by atoms with Crippen LogP contribution in [-0.4, -0.2) is 58.8 Å². The summed E-state index contributed by atoms with van der Waals surface area (Å²) in [5.41, 5.74) is 3.19. The SMILES string of the molecule is COc1ccccc1[C@H]1CC(=O)C2=C(C1)NC(C)=C(C(=O)O[C@H]1C[C@H]3CC[C@@H]1N3C(=O)OC(C)(C)C)[C@H]2c1cccc(O)c1. The van der Waals surface area contributed by atoms with Gasteiger partial charge in [-0.3, -0.25) is 9.69 Å². The molecular weight excluding hydrogens is 560 g/mol. The predicted octanol–water partition coefficient (Wildman–Crippen LogP) is 5.85. The molecule has 3 heterocycles.